The fourth-order valence-electron chi connectivity index (χ4n) is 1.57. The Kier molecular flexibility index (Phi) is 8.32. The highest BCUT2D eigenvalue weighted by Crippen LogP contribution is 2.09. The van der Waals surface area contributed by atoms with Crippen molar-refractivity contribution in [3.8, 4) is 0 Å². The van der Waals surface area contributed by atoms with Crippen LogP contribution in [-0.4, -0.2) is 47.5 Å². The molecule has 0 radical (unpaired) electrons. The van der Waals surface area contributed by atoms with Gasteiger partial charge in [0.15, 0.2) is 0 Å². The Bertz CT molecular complexity index is 320. The molecule has 19 heavy (non-hydrogen) atoms. The number of carboxylic acids is 1. The van der Waals surface area contributed by atoms with E-state index in [0.717, 1.165) is 0 Å². The van der Waals surface area contributed by atoms with Crippen molar-refractivity contribution in [2.75, 3.05) is 19.6 Å². The standard InChI is InChI=1S/C12H23N3O4/c1-3-15(8-10(13)16)12(19)14-7-6-9(2)4-5-11(17)18/h9H,3-8H2,1-2H3,(H2,13,16)(H,14,19)(H,17,18). The molecule has 1 atom stereocenters. The van der Waals surface area contributed by atoms with Gasteiger partial charge in [-0.3, -0.25) is 9.59 Å². The van der Waals surface area contributed by atoms with E-state index in [9.17, 15) is 14.4 Å². The van der Waals surface area contributed by atoms with Gasteiger partial charge < -0.3 is 21.1 Å². The van der Waals surface area contributed by atoms with Crippen molar-refractivity contribution in [1.29, 1.82) is 0 Å². The van der Waals surface area contributed by atoms with Crippen LogP contribution in [0.5, 0.6) is 0 Å². The molecule has 0 aromatic carbocycles. The molecule has 0 aliphatic rings. The second-order valence-corrected chi connectivity index (χ2v) is 4.54. The van der Waals surface area contributed by atoms with Crippen molar-refractivity contribution >= 4 is 17.9 Å². The maximum Gasteiger partial charge on any atom is 0.317 e. The first-order chi connectivity index (χ1) is 8.86. The Morgan fingerprint density at radius 2 is 1.95 bits per heavy atom. The molecule has 4 N–H and O–H groups in total. The molecule has 7 nitrogen and oxygen atoms in total. The first kappa shape index (κ1) is 17.2. The smallest absolute Gasteiger partial charge is 0.317 e. The normalized spacial score (nSPS) is 11.7. The first-order valence-electron chi connectivity index (χ1n) is 6.39. The molecule has 0 aliphatic heterocycles. The molecule has 0 aromatic rings. The molecule has 3 amide bonds. The summed E-state index contributed by atoms with van der Waals surface area (Å²) in [5.74, 6) is -1.14. The summed E-state index contributed by atoms with van der Waals surface area (Å²) >= 11 is 0. The van der Waals surface area contributed by atoms with Crippen molar-refractivity contribution < 1.29 is 19.5 Å². The lowest BCUT2D eigenvalue weighted by atomic mass is 10.0. The van der Waals surface area contributed by atoms with Crippen LogP contribution in [0.25, 0.3) is 0 Å². The molecule has 0 saturated heterocycles. The molecule has 0 fully saturated rings. The number of hydrogen-bond donors (Lipinski definition) is 3. The molecule has 1 unspecified atom stereocenters. The van der Waals surface area contributed by atoms with Gasteiger partial charge in [0.05, 0.1) is 0 Å². The van der Waals surface area contributed by atoms with E-state index in [-0.39, 0.29) is 24.9 Å². The van der Waals surface area contributed by atoms with E-state index in [2.05, 4.69) is 5.32 Å². The van der Waals surface area contributed by atoms with Crippen LogP contribution in [-0.2, 0) is 9.59 Å². The van der Waals surface area contributed by atoms with Gasteiger partial charge in [0, 0.05) is 19.5 Å². The van der Waals surface area contributed by atoms with E-state index >= 15 is 0 Å². The quantitative estimate of drug-likeness (QED) is 0.564. The molecule has 7 heteroatoms. The number of rotatable bonds is 9. The van der Waals surface area contributed by atoms with Crippen molar-refractivity contribution in [1.82, 2.24) is 10.2 Å². The third-order valence-corrected chi connectivity index (χ3v) is 2.78. The maximum absolute atomic E-state index is 11.7. The number of likely N-dealkylation sites (N-methyl/N-ethyl adjacent to an activating group) is 1. The number of carboxylic acid groups (broad SMARTS) is 1. The summed E-state index contributed by atoms with van der Waals surface area (Å²) < 4.78 is 0. The molecule has 0 heterocycles. The Hall–Kier alpha value is -1.79. The van der Waals surface area contributed by atoms with Crippen LogP contribution < -0.4 is 11.1 Å². The molecule has 0 aromatic heterocycles. The maximum atomic E-state index is 11.7. The molecule has 0 rings (SSSR count). The van der Waals surface area contributed by atoms with Crippen LogP contribution in [0.3, 0.4) is 0 Å². The van der Waals surface area contributed by atoms with Crippen LogP contribution in [0.1, 0.15) is 33.1 Å². The van der Waals surface area contributed by atoms with Crippen molar-refractivity contribution in [3.05, 3.63) is 0 Å². The first-order valence-corrected chi connectivity index (χ1v) is 6.39. The SMILES string of the molecule is CCN(CC(N)=O)C(=O)NCCC(C)CCC(=O)O. The summed E-state index contributed by atoms with van der Waals surface area (Å²) in [6.07, 6.45) is 1.43. The number of carbonyl (C=O) groups is 3. The topological polar surface area (TPSA) is 113 Å². The van der Waals surface area contributed by atoms with E-state index in [0.29, 0.717) is 25.9 Å². The largest absolute Gasteiger partial charge is 0.481 e. The van der Waals surface area contributed by atoms with Gasteiger partial charge in [0.25, 0.3) is 0 Å². The lowest BCUT2D eigenvalue weighted by Crippen LogP contribution is -2.44. The van der Waals surface area contributed by atoms with E-state index in [1.807, 2.05) is 6.92 Å². The molecule has 0 aliphatic carbocycles. The van der Waals surface area contributed by atoms with Crippen LogP contribution in [0.2, 0.25) is 0 Å². The fraction of sp³-hybridized carbons (Fsp3) is 0.750. The zero-order chi connectivity index (χ0) is 14.8. The second-order valence-electron chi connectivity index (χ2n) is 4.54. The minimum absolute atomic E-state index is 0.100. The molecular weight excluding hydrogens is 250 g/mol. The van der Waals surface area contributed by atoms with Crippen molar-refractivity contribution in [3.63, 3.8) is 0 Å². The van der Waals surface area contributed by atoms with Gasteiger partial charge in [-0.15, -0.1) is 0 Å². The van der Waals surface area contributed by atoms with Crippen LogP contribution >= 0.6 is 0 Å². The molecule has 0 spiro atoms. The molecule has 110 valence electrons. The number of urea groups is 1. The summed E-state index contributed by atoms with van der Waals surface area (Å²) in [4.78, 5) is 34.1. The van der Waals surface area contributed by atoms with E-state index in [4.69, 9.17) is 10.8 Å². The highest BCUT2D eigenvalue weighted by molar-refractivity contribution is 5.82. The third-order valence-electron chi connectivity index (χ3n) is 2.78. The fourth-order valence-corrected chi connectivity index (χ4v) is 1.57. The van der Waals surface area contributed by atoms with E-state index < -0.39 is 11.9 Å². The second kappa shape index (κ2) is 9.18. The number of nitrogens with zero attached hydrogens (tertiary/aromatic N) is 1. The van der Waals surface area contributed by atoms with Gasteiger partial charge in [-0.1, -0.05) is 6.92 Å². The van der Waals surface area contributed by atoms with Gasteiger partial charge >= 0.3 is 12.0 Å². The zero-order valence-corrected chi connectivity index (χ0v) is 11.5. The number of amides is 3. The van der Waals surface area contributed by atoms with Crippen LogP contribution in [0.15, 0.2) is 0 Å². The highest BCUT2D eigenvalue weighted by atomic mass is 16.4. The Morgan fingerprint density at radius 3 is 2.42 bits per heavy atom. The zero-order valence-electron chi connectivity index (χ0n) is 11.5. The number of primary amides is 1. The van der Waals surface area contributed by atoms with Gasteiger partial charge in [0.1, 0.15) is 6.54 Å². The lowest BCUT2D eigenvalue weighted by Gasteiger charge is -2.20. The number of nitrogens with two attached hydrogens (primary N) is 1. The summed E-state index contributed by atoms with van der Waals surface area (Å²) in [6, 6.07) is -0.327. The lowest BCUT2D eigenvalue weighted by molar-refractivity contribution is -0.137. The average Bonchev–Trinajstić information content (AvgIpc) is 2.32. The summed E-state index contributed by atoms with van der Waals surface area (Å²) in [5.41, 5.74) is 5.04. The number of hydrogen-bond acceptors (Lipinski definition) is 3. The highest BCUT2D eigenvalue weighted by Gasteiger charge is 2.13. The summed E-state index contributed by atoms with van der Waals surface area (Å²) in [7, 11) is 0. The number of aliphatic carboxylic acids is 1. The van der Waals surface area contributed by atoms with E-state index in [1.54, 1.807) is 6.92 Å². The molecular formula is C12H23N3O4. The van der Waals surface area contributed by atoms with Crippen LogP contribution in [0, 0.1) is 5.92 Å². The predicted molar refractivity (Wildman–Crippen MR) is 70.5 cm³/mol. The molecule has 0 saturated carbocycles. The van der Waals surface area contributed by atoms with Crippen LogP contribution in [0.4, 0.5) is 4.79 Å². The van der Waals surface area contributed by atoms with Crippen molar-refractivity contribution in [2.45, 2.75) is 33.1 Å². The molecule has 0 bridgehead atoms. The number of carbonyl (C=O) groups excluding carboxylic acids is 2. The Labute approximate surface area is 113 Å². The summed E-state index contributed by atoms with van der Waals surface area (Å²) in [5, 5.41) is 11.2. The van der Waals surface area contributed by atoms with Crippen molar-refractivity contribution in [2.24, 2.45) is 11.7 Å². The number of nitrogens with one attached hydrogen (secondary N) is 1. The monoisotopic (exact) mass is 273 g/mol. The van der Waals surface area contributed by atoms with Gasteiger partial charge in [-0.2, -0.15) is 0 Å². The minimum Gasteiger partial charge on any atom is -0.481 e. The predicted octanol–water partition coefficient (Wildman–Crippen LogP) is 0.394. The van der Waals surface area contributed by atoms with Gasteiger partial charge in [-0.05, 0) is 25.7 Å². The minimum atomic E-state index is -0.811. The Balaban J connectivity index is 3.88. The average molecular weight is 273 g/mol. The third kappa shape index (κ3) is 8.87. The van der Waals surface area contributed by atoms with E-state index in [1.165, 1.54) is 4.90 Å². The van der Waals surface area contributed by atoms with Gasteiger partial charge in [0.2, 0.25) is 5.91 Å². The summed E-state index contributed by atoms with van der Waals surface area (Å²) in [6.45, 7) is 4.46. The Morgan fingerprint density at radius 1 is 1.32 bits per heavy atom. The van der Waals surface area contributed by atoms with Gasteiger partial charge in [-0.25, -0.2) is 4.79 Å².